The molecule has 1 aromatic heterocycles. The van der Waals surface area contributed by atoms with Crippen molar-refractivity contribution in [2.75, 3.05) is 12.4 Å². The number of benzene rings is 1. The Balaban J connectivity index is 2.26. The maximum absolute atomic E-state index is 5.26. The Morgan fingerprint density at radius 3 is 2.75 bits per heavy atom. The van der Waals surface area contributed by atoms with E-state index in [1.165, 1.54) is 0 Å². The van der Waals surface area contributed by atoms with Gasteiger partial charge in [-0.1, -0.05) is 22.0 Å². The zero-order valence-corrected chi connectivity index (χ0v) is 13.4. The zero-order valence-electron chi connectivity index (χ0n) is 11.9. The van der Waals surface area contributed by atoms with Crippen molar-refractivity contribution in [2.24, 2.45) is 0 Å². The third-order valence-corrected chi connectivity index (χ3v) is 3.85. The number of methoxy groups -OCH3 is 1. The van der Waals surface area contributed by atoms with Gasteiger partial charge < -0.3 is 10.1 Å². The van der Waals surface area contributed by atoms with Gasteiger partial charge in [-0.05, 0) is 26.0 Å². The molecular weight excluding hydrogens is 318 g/mol. The van der Waals surface area contributed by atoms with Crippen LogP contribution in [-0.2, 0) is 11.3 Å². The molecule has 5 heteroatoms. The topological polar surface area (TPSA) is 47.0 Å². The molecule has 0 spiro atoms. The molecule has 1 atom stereocenters. The van der Waals surface area contributed by atoms with E-state index >= 15 is 0 Å². The van der Waals surface area contributed by atoms with E-state index in [9.17, 15) is 0 Å². The Labute approximate surface area is 127 Å². The maximum atomic E-state index is 5.26. The second-order valence-corrected chi connectivity index (χ2v) is 5.45. The van der Waals surface area contributed by atoms with Gasteiger partial charge >= 0.3 is 0 Å². The molecule has 0 radical (unpaired) electrons. The monoisotopic (exact) mass is 335 g/mol. The normalized spacial score (nSPS) is 12.2. The van der Waals surface area contributed by atoms with Crippen LogP contribution < -0.4 is 5.32 Å². The van der Waals surface area contributed by atoms with Crippen molar-refractivity contribution in [3.05, 3.63) is 52.0 Å². The van der Waals surface area contributed by atoms with Crippen molar-refractivity contribution < 1.29 is 4.74 Å². The molecule has 20 heavy (non-hydrogen) atoms. The molecule has 0 amide bonds. The molecule has 0 fully saturated rings. The van der Waals surface area contributed by atoms with E-state index in [1.54, 1.807) is 19.5 Å². The van der Waals surface area contributed by atoms with Crippen LogP contribution in [0, 0.1) is 6.92 Å². The van der Waals surface area contributed by atoms with Gasteiger partial charge in [0, 0.05) is 35.2 Å². The Kier molecular flexibility index (Phi) is 5.09. The molecular formula is C15H18BrN3O. The van der Waals surface area contributed by atoms with E-state index in [0.29, 0.717) is 6.61 Å². The van der Waals surface area contributed by atoms with Crippen LogP contribution in [0.2, 0.25) is 0 Å². The fraction of sp³-hybridized carbons (Fsp3) is 0.333. The summed E-state index contributed by atoms with van der Waals surface area (Å²) in [6, 6.07) is 6.13. The third kappa shape index (κ3) is 3.35. The lowest BCUT2D eigenvalue weighted by Gasteiger charge is -2.19. The van der Waals surface area contributed by atoms with Gasteiger partial charge in [-0.3, -0.25) is 9.97 Å². The SMILES string of the molecule is COCc1c(Br)cccc1NC(C)c1nccnc1C. The molecule has 1 N–H and O–H groups in total. The Hall–Kier alpha value is -1.46. The van der Waals surface area contributed by atoms with Crippen molar-refractivity contribution in [1.29, 1.82) is 0 Å². The molecule has 0 aliphatic heterocycles. The highest BCUT2D eigenvalue weighted by atomic mass is 79.9. The molecule has 0 aliphatic rings. The van der Waals surface area contributed by atoms with Crippen molar-refractivity contribution >= 4 is 21.6 Å². The van der Waals surface area contributed by atoms with Crippen LogP contribution in [-0.4, -0.2) is 17.1 Å². The fourth-order valence-electron chi connectivity index (χ4n) is 2.13. The van der Waals surface area contributed by atoms with Crippen molar-refractivity contribution in [1.82, 2.24) is 9.97 Å². The lowest BCUT2D eigenvalue weighted by atomic mass is 10.1. The smallest absolute Gasteiger partial charge is 0.0835 e. The van der Waals surface area contributed by atoms with E-state index in [-0.39, 0.29) is 6.04 Å². The van der Waals surface area contributed by atoms with Gasteiger partial charge in [0.25, 0.3) is 0 Å². The maximum Gasteiger partial charge on any atom is 0.0835 e. The highest BCUT2D eigenvalue weighted by molar-refractivity contribution is 9.10. The van der Waals surface area contributed by atoms with Crippen LogP contribution in [0.5, 0.6) is 0 Å². The van der Waals surface area contributed by atoms with Crippen LogP contribution in [0.3, 0.4) is 0 Å². The number of hydrogen-bond donors (Lipinski definition) is 1. The van der Waals surface area contributed by atoms with Gasteiger partial charge in [0.2, 0.25) is 0 Å². The predicted molar refractivity (Wildman–Crippen MR) is 83.7 cm³/mol. The molecule has 1 aromatic carbocycles. The number of ether oxygens (including phenoxy) is 1. The highest BCUT2D eigenvalue weighted by Crippen LogP contribution is 2.28. The number of nitrogens with one attached hydrogen (secondary N) is 1. The molecule has 0 saturated heterocycles. The zero-order chi connectivity index (χ0) is 14.5. The number of aromatic nitrogens is 2. The largest absolute Gasteiger partial charge is 0.380 e. The second kappa shape index (κ2) is 6.81. The van der Waals surface area contributed by atoms with Crippen molar-refractivity contribution in [3.63, 3.8) is 0 Å². The average molecular weight is 336 g/mol. The first-order chi connectivity index (χ1) is 9.63. The highest BCUT2D eigenvalue weighted by Gasteiger charge is 2.13. The summed E-state index contributed by atoms with van der Waals surface area (Å²) in [7, 11) is 1.69. The van der Waals surface area contributed by atoms with Gasteiger partial charge in [0.05, 0.1) is 24.0 Å². The predicted octanol–water partition coefficient (Wildman–Crippen LogP) is 3.87. The van der Waals surface area contributed by atoms with Gasteiger partial charge in [0.15, 0.2) is 0 Å². The number of rotatable bonds is 5. The summed E-state index contributed by atoms with van der Waals surface area (Å²) in [6.45, 7) is 4.60. The molecule has 0 bridgehead atoms. The fourth-order valence-corrected chi connectivity index (χ4v) is 2.61. The lowest BCUT2D eigenvalue weighted by molar-refractivity contribution is 0.185. The Morgan fingerprint density at radius 1 is 1.30 bits per heavy atom. The van der Waals surface area contributed by atoms with Gasteiger partial charge in [-0.15, -0.1) is 0 Å². The summed E-state index contributed by atoms with van der Waals surface area (Å²) in [5, 5.41) is 3.48. The van der Waals surface area contributed by atoms with Crippen LogP contribution in [0.4, 0.5) is 5.69 Å². The molecule has 0 aliphatic carbocycles. The third-order valence-electron chi connectivity index (χ3n) is 3.11. The average Bonchev–Trinajstić information content (AvgIpc) is 2.43. The van der Waals surface area contributed by atoms with Crippen molar-refractivity contribution in [2.45, 2.75) is 26.5 Å². The molecule has 4 nitrogen and oxygen atoms in total. The Morgan fingerprint density at radius 2 is 2.05 bits per heavy atom. The molecule has 1 unspecified atom stereocenters. The molecule has 2 aromatic rings. The van der Waals surface area contributed by atoms with Gasteiger partial charge in [-0.25, -0.2) is 0 Å². The lowest BCUT2D eigenvalue weighted by Crippen LogP contribution is -2.12. The first-order valence-electron chi connectivity index (χ1n) is 6.44. The minimum absolute atomic E-state index is 0.0774. The van der Waals surface area contributed by atoms with Crippen molar-refractivity contribution in [3.8, 4) is 0 Å². The molecule has 2 rings (SSSR count). The second-order valence-electron chi connectivity index (χ2n) is 4.59. The summed E-state index contributed by atoms with van der Waals surface area (Å²) < 4.78 is 6.30. The molecule has 1 heterocycles. The van der Waals surface area contributed by atoms with Gasteiger partial charge in [0.1, 0.15) is 0 Å². The summed E-state index contributed by atoms with van der Waals surface area (Å²) in [6.07, 6.45) is 3.43. The van der Waals surface area contributed by atoms with Gasteiger partial charge in [-0.2, -0.15) is 0 Å². The number of nitrogens with zero attached hydrogens (tertiary/aromatic N) is 2. The summed E-state index contributed by atoms with van der Waals surface area (Å²) in [4.78, 5) is 8.69. The van der Waals surface area contributed by atoms with Crippen LogP contribution in [0.25, 0.3) is 0 Å². The number of anilines is 1. The van der Waals surface area contributed by atoms with E-state index in [1.807, 2.05) is 25.1 Å². The number of aryl methyl sites for hydroxylation is 1. The van der Waals surface area contributed by atoms with Crippen LogP contribution in [0.15, 0.2) is 35.1 Å². The van der Waals surface area contributed by atoms with Crippen LogP contribution in [0.1, 0.15) is 29.9 Å². The minimum Gasteiger partial charge on any atom is -0.380 e. The standard InChI is InChI=1S/C15H18BrN3O/c1-10-15(18-8-7-17-10)11(2)19-14-6-4-5-13(16)12(14)9-20-3/h4-8,11,19H,9H2,1-3H3. The molecule has 0 saturated carbocycles. The number of halogens is 1. The first kappa shape index (κ1) is 14.9. The van der Waals surface area contributed by atoms with E-state index in [4.69, 9.17) is 4.74 Å². The van der Waals surface area contributed by atoms with E-state index in [2.05, 4.69) is 38.1 Å². The number of hydrogen-bond acceptors (Lipinski definition) is 4. The quantitative estimate of drug-likeness (QED) is 0.900. The van der Waals surface area contributed by atoms with Crippen LogP contribution >= 0.6 is 15.9 Å². The molecule has 106 valence electrons. The first-order valence-corrected chi connectivity index (χ1v) is 7.23. The summed E-state index contributed by atoms with van der Waals surface area (Å²) in [5.74, 6) is 0. The van der Waals surface area contributed by atoms with E-state index in [0.717, 1.165) is 27.1 Å². The minimum atomic E-state index is 0.0774. The summed E-state index contributed by atoms with van der Waals surface area (Å²) in [5.41, 5.74) is 4.04. The summed E-state index contributed by atoms with van der Waals surface area (Å²) >= 11 is 3.56. The Bertz CT molecular complexity index is 589. The van der Waals surface area contributed by atoms with E-state index < -0.39 is 0 Å².